The van der Waals surface area contributed by atoms with Gasteiger partial charge >= 0.3 is 0 Å². The van der Waals surface area contributed by atoms with Crippen LogP contribution in [0.4, 0.5) is 0 Å². The van der Waals surface area contributed by atoms with Crippen LogP contribution in [0.15, 0.2) is 28.7 Å². The molecular weight excluding hydrogens is 262 g/mol. The third kappa shape index (κ3) is 3.91. The first-order chi connectivity index (χ1) is 7.69. The minimum atomic E-state index is 0.456. The first-order valence-electron chi connectivity index (χ1n) is 6.10. The lowest BCUT2D eigenvalue weighted by Gasteiger charge is -2.21. The molecule has 1 rings (SSSR count). The van der Waals surface area contributed by atoms with Crippen LogP contribution < -0.4 is 5.32 Å². The van der Waals surface area contributed by atoms with Gasteiger partial charge in [-0.3, -0.25) is 0 Å². The molecule has 0 amide bonds. The van der Waals surface area contributed by atoms with E-state index in [2.05, 4.69) is 59.4 Å². The summed E-state index contributed by atoms with van der Waals surface area (Å²) >= 11 is 3.63. The van der Waals surface area contributed by atoms with Crippen LogP contribution in [0.25, 0.3) is 0 Å². The molecule has 0 saturated heterocycles. The first kappa shape index (κ1) is 13.7. The van der Waals surface area contributed by atoms with E-state index >= 15 is 0 Å². The lowest BCUT2D eigenvalue weighted by Crippen LogP contribution is -2.19. The van der Waals surface area contributed by atoms with Gasteiger partial charge < -0.3 is 5.32 Å². The smallest absolute Gasteiger partial charge is 0.0331 e. The van der Waals surface area contributed by atoms with Crippen molar-refractivity contribution in [1.82, 2.24) is 5.32 Å². The Morgan fingerprint density at radius 3 is 2.56 bits per heavy atom. The quantitative estimate of drug-likeness (QED) is 0.809. The van der Waals surface area contributed by atoms with Gasteiger partial charge in [0.2, 0.25) is 0 Å². The van der Waals surface area contributed by atoms with Crippen LogP contribution in [0.2, 0.25) is 0 Å². The summed E-state index contributed by atoms with van der Waals surface area (Å²) in [6.45, 7) is 4.59. The number of hydrogen-bond donors (Lipinski definition) is 1. The Hall–Kier alpha value is -0.340. The lowest BCUT2D eigenvalue weighted by atomic mass is 9.93. The summed E-state index contributed by atoms with van der Waals surface area (Å²) in [5.74, 6) is 0.773. The summed E-state index contributed by atoms with van der Waals surface area (Å²) in [6, 6.07) is 8.94. The molecule has 0 aromatic heterocycles. The van der Waals surface area contributed by atoms with Crippen molar-refractivity contribution in [3.8, 4) is 0 Å². The summed E-state index contributed by atoms with van der Waals surface area (Å²) in [5, 5.41) is 3.42. The standard InChI is InChI=1S/C14H22BrN/c1-4-7-11(2)10-14(16-3)12-8-5-6-9-13(12)15/h5-6,8-9,11,14,16H,4,7,10H2,1-3H3. The Morgan fingerprint density at radius 1 is 1.31 bits per heavy atom. The van der Waals surface area contributed by atoms with E-state index in [1.54, 1.807) is 0 Å². The Kier molecular flexibility index (Phi) is 6.07. The van der Waals surface area contributed by atoms with Gasteiger partial charge in [-0.2, -0.15) is 0 Å². The normalized spacial score (nSPS) is 14.8. The van der Waals surface area contributed by atoms with Gasteiger partial charge in [0.05, 0.1) is 0 Å². The Morgan fingerprint density at radius 2 is 2.00 bits per heavy atom. The summed E-state index contributed by atoms with van der Waals surface area (Å²) < 4.78 is 1.21. The molecule has 2 unspecified atom stereocenters. The van der Waals surface area contributed by atoms with Gasteiger partial charge in [-0.25, -0.2) is 0 Å². The lowest BCUT2D eigenvalue weighted by molar-refractivity contribution is 0.406. The van der Waals surface area contributed by atoms with Gasteiger partial charge in [-0.15, -0.1) is 0 Å². The van der Waals surface area contributed by atoms with E-state index in [4.69, 9.17) is 0 Å². The highest BCUT2D eigenvalue weighted by molar-refractivity contribution is 9.10. The van der Waals surface area contributed by atoms with Crippen molar-refractivity contribution < 1.29 is 0 Å². The second-order valence-electron chi connectivity index (χ2n) is 4.49. The molecule has 0 aliphatic heterocycles. The molecule has 0 bridgehead atoms. The number of benzene rings is 1. The van der Waals surface area contributed by atoms with Crippen molar-refractivity contribution >= 4 is 15.9 Å². The second kappa shape index (κ2) is 7.08. The van der Waals surface area contributed by atoms with Gasteiger partial charge in [-0.1, -0.05) is 60.8 Å². The van der Waals surface area contributed by atoms with Crippen LogP contribution >= 0.6 is 15.9 Å². The van der Waals surface area contributed by atoms with E-state index in [1.165, 1.54) is 29.3 Å². The molecule has 0 aliphatic rings. The zero-order chi connectivity index (χ0) is 12.0. The van der Waals surface area contributed by atoms with E-state index in [0.717, 1.165) is 5.92 Å². The van der Waals surface area contributed by atoms with E-state index in [-0.39, 0.29) is 0 Å². The minimum Gasteiger partial charge on any atom is -0.313 e. The maximum absolute atomic E-state index is 3.63. The maximum atomic E-state index is 3.63. The topological polar surface area (TPSA) is 12.0 Å². The summed E-state index contributed by atoms with van der Waals surface area (Å²) in [6.07, 6.45) is 3.78. The van der Waals surface area contributed by atoms with E-state index in [1.807, 2.05) is 7.05 Å². The Bertz CT molecular complexity index is 311. The molecule has 1 aromatic rings. The molecule has 0 saturated carbocycles. The SMILES string of the molecule is CCCC(C)CC(NC)c1ccccc1Br. The van der Waals surface area contributed by atoms with Crippen LogP contribution in [0.3, 0.4) is 0 Å². The first-order valence-corrected chi connectivity index (χ1v) is 6.90. The Labute approximate surface area is 108 Å². The van der Waals surface area contributed by atoms with Crippen molar-refractivity contribution in [2.75, 3.05) is 7.05 Å². The van der Waals surface area contributed by atoms with E-state index in [9.17, 15) is 0 Å². The fourth-order valence-corrected chi connectivity index (χ4v) is 2.73. The molecular formula is C14H22BrN. The Balaban J connectivity index is 2.71. The van der Waals surface area contributed by atoms with Gasteiger partial charge in [-0.05, 0) is 31.0 Å². The molecule has 0 aliphatic carbocycles. The zero-order valence-corrected chi connectivity index (χ0v) is 12.0. The molecule has 0 heterocycles. The largest absolute Gasteiger partial charge is 0.313 e. The third-order valence-corrected chi connectivity index (χ3v) is 3.77. The van der Waals surface area contributed by atoms with Crippen molar-refractivity contribution in [2.24, 2.45) is 5.92 Å². The van der Waals surface area contributed by atoms with Gasteiger partial charge in [0.1, 0.15) is 0 Å². The monoisotopic (exact) mass is 283 g/mol. The van der Waals surface area contributed by atoms with Crippen molar-refractivity contribution in [3.05, 3.63) is 34.3 Å². The van der Waals surface area contributed by atoms with Crippen LogP contribution in [0.5, 0.6) is 0 Å². The molecule has 90 valence electrons. The van der Waals surface area contributed by atoms with Crippen LogP contribution in [0, 0.1) is 5.92 Å². The number of rotatable bonds is 6. The molecule has 16 heavy (non-hydrogen) atoms. The average molecular weight is 284 g/mol. The zero-order valence-electron chi connectivity index (χ0n) is 10.5. The minimum absolute atomic E-state index is 0.456. The molecule has 0 fully saturated rings. The molecule has 1 N–H and O–H groups in total. The summed E-state index contributed by atoms with van der Waals surface area (Å²) in [7, 11) is 2.04. The number of hydrogen-bond acceptors (Lipinski definition) is 1. The van der Waals surface area contributed by atoms with Crippen molar-refractivity contribution in [3.63, 3.8) is 0 Å². The van der Waals surface area contributed by atoms with Crippen molar-refractivity contribution in [2.45, 2.75) is 39.2 Å². The van der Waals surface area contributed by atoms with Gasteiger partial charge in [0.25, 0.3) is 0 Å². The third-order valence-electron chi connectivity index (χ3n) is 3.05. The highest BCUT2D eigenvalue weighted by Gasteiger charge is 2.15. The predicted molar refractivity (Wildman–Crippen MR) is 74.6 cm³/mol. The molecule has 0 radical (unpaired) electrons. The fourth-order valence-electron chi connectivity index (χ4n) is 2.17. The van der Waals surface area contributed by atoms with Crippen LogP contribution in [0.1, 0.15) is 44.7 Å². The van der Waals surface area contributed by atoms with E-state index in [0.29, 0.717) is 6.04 Å². The highest BCUT2D eigenvalue weighted by Crippen LogP contribution is 2.28. The summed E-state index contributed by atoms with van der Waals surface area (Å²) in [4.78, 5) is 0. The molecule has 2 atom stereocenters. The second-order valence-corrected chi connectivity index (χ2v) is 5.35. The highest BCUT2D eigenvalue weighted by atomic mass is 79.9. The van der Waals surface area contributed by atoms with Gasteiger partial charge in [0.15, 0.2) is 0 Å². The summed E-state index contributed by atoms with van der Waals surface area (Å²) in [5.41, 5.74) is 1.37. The molecule has 1 aromatic carbocycles. The predicted octanol–water partition coefficient (Wildman–Crippen LogP) is 4.54. The van der Waals surface area contributed by atoms with Gasteiger partial charge in [0, 0.05) is 10.5 Å². The van der Waals surface area contributed by atoms with Crippen LogP contribution in [-0.2, 0) is 0 Å². The number of halogens is 1. The average Bonchev–Trinajstić information content (AvgIpc) is 2.27. The molecule has 1 nitrogen and oxygen atoms in total. The fraction of sp³-hybridized carbons (Fsp3) is 0.571. The number of nitrogens with one attached hydrogen (secondary N) is 1. The van der Waals surface area contributed by atoms with E-state index < -0.39 is 0 Å². The van der Waals surface area contributed by atoms with Crippen molar-refractivity contribution in [1.29, 1.82) is 0 Å². The molecule has 2 heteroatoms. The van der Waals surface area contributed by atoms with Crippen LogP contribution in [-0.4, -0.2) is 7.05 Å². The maximum Gasteiger partial charge on any atom is 0.0331 e. The molecule has 0 spiro atoms.